The van der Waals surface area contributed by atoms with E-state index in [0.29, 0.717) is 5.56 Å². The predicted octanol–water partition coefficient (Wildman–Crippen LogP) is 4.13. The first-order valence-corrected chi connectivity index (χ1v) is 8.90. The standard InChI is InChI=1S/C20H20N2O2S/c1-20(24,18-12-7-13-25-18)14-21-19(23)16-10-5-6-11-17(16)22-15-8-3-2-4-9-15/h2-13,22,24H,14H2,1H3,(H,21,23). The van der Waals surface area contributed by atoms with E-state index in [-0.39, 0.29) is 12.5 Å². The quantitative estimate of drug-likeness (QED) is 0.625. The molecule has 0 fully saturated rings. The fraction of sp³-hybridized carbons (Fsp3) is 0.150. The molecule has 0 bridgehead atoms. The summed E-state index contributed by atoms with van der Waals surface area (Å²) in [6, 6.07) is 20.8. The second kappa shape index (κ2) is 7.51. The van der Waals surface area contributed by atoms with Crippen molar-refractivity contribution in [3.05, 3.63) is 82.6 Å². The number of thiophene rings is 1. The van der Waals surface area contributed by atoms with Crippen LogP contribution >= 0.6 is 11.3 Å². The Morgan fingerprint density at radius 1 is 1.04 bits per heavy atom. The molecule has 3 N–H and O–H groups in total. The Morgan fingerprint density at radius 3 is 2.48 bits per heavy atom. The van der Waals surface area contributed by atoms with Crippen molar-refractivity contribution < 1.29 is 9.90 Å². The number of hydrogen-bond donors (Lipinski definition) is 3. The summed E-state index contributed by atoms with van der Waals surface area (Å²) in [5.74, 6) is -0.226. The fourth-order valence-electron chi connectivity index (χ4n) is 2.49. The molecule has 1 aromatic heterocycles. The van der Waals surface area contributed by atoms with Gasteiger partial charge in [-0.25, -0.2) is 0 Å². The maximum absolute atomic E-state index is 12.6. The van der Waals surface area contributed by atoms with E-state index in [2.05, 4.69) is 10.6 Å². The van der Waals surface area contributed by atoms with Gasteiger partial charge in [0.05, 0.1) is 17.8 Å². The third kappa shape index (κ3) is 4.26. The van der Waals surface area contributed by atoms with Gasteiger partial charge < -0.3 is 15.7 Å². The van der Waals surface area contributed by atoms with Crippen LogP contribution in [0, 0.1) is 0 Å². The van der Waals surface area contributed by atoms with Crippen LogP contribution in [0.15, 0.2) is 72.1 Å². The average Bonchev–Trinajstić information content (AvgIpc) is 3.17. The number of carbonyl (C=O) groups excluding carboxylic acids is 1. The molecule has 3 rings (SSSR count). The second-order valence-corrected chi connectivity index (χ2v) is 6.92. The molecule has 0 saturated carbocycles. The highest BCUT2D eigenvalue weighted by Gasteiger charge is 2.25. The minimum atomic E-state index is -1.09. The summed E-state index contributed by atoms with van der Waals surface area (Å²) in [7, 11) is 0. The van der Waals surface area contributed by atoms with Crippen LogP contribution < -0.4 is 10.6 Å². The van der Waals surface area contributed by atoms with Gasteiger partial charge in [-0.1, -0.05) is 36.4 Å². The average molecular weight is 352 g/mol. The second-order valence-electron chi connectivity index (χ2n) is 5.97. The van der Waals surface area contributed by atoms with Gasteiger partial charge in [-0.2, -0.15) is 0 Å². The van der Waals surface area contributed by atoms with Gasteiger partial charge in [-0.3, -0.25) is 4.79 Å². The summed E-state index contributed by atoms with van der Waals surface area (Å²) in [5.41, 5.74) is 1.08. The Balaban J connectivity index is 1.72. The molecule has 3 aromatic rings. The van der Waals surface area contributed by atoms with E-state index in [1.807, 2.05) is 66.0 Å². The number of benzene rings is 2. The summed E-state index contributed by atoms with van der Waals surface area (Å²) >= 11 is 1.47. The molecule has 0 aliphatic rings. The Morgan fingerprint density at radius 2 is 1.76 bits per heavy atom. The van der Waals surface area contributed by atoms with Crippen molar-refractivity contribution in [2.45, 2.75) is 12.5 Å². The van der Waals surface area contributed by atoms with Crippen molar-refractivity contribution in [1.29, 1.82) is 0 Å². The lowest BCUT2D eigenvalue weighted by Crippen LogP contribution is -2.38. The molecule has 0 aliphatic carbocycles. The van der Waals surface area contributed by atoms with E-state index < -0.39 is 5.60 Å². The van der Waals surface area contributed by atoms with Crippen molar-refractivity contribution in [1.82, 2.24) is 5.32 Å². The lowest BCUT2D eigenvalue weighted by Gasteiger charge is -2.22. The molecule has 0 saturated heterocycles. The molecule has 1 atom stereocenters. The summed E-state index contributed by atoms with van der Waals surface area (Å²) in [6.07, 6.45) is 0. The van der Waals surface area contributed by atoms with E-state index in [1.165, 1.54) is 11.3 Å². The van der Waals surface area contributed by atoms with Crippen molar-refractivity contribution in [2.75, 3.05) is 11.9 Å². The molecule has 0 radical (unpaired) electrons. The van der Waals surface area contributed by atoms with Gasteiger partial charge in [0.25, 0.3) is 5.91 Å². The zero-order valence-corrected chi connectivity index (χ0v) is 14.7. The van der Waals surface area contributed by atoms with Gasteiger partial charge >= 0.3 is 0 Å². The van der Waals surface area contributed by atoms with Gasteiger partial charge in [0.1, 0.15) is 5.60 Å². The molecule has 2 aromatic carbocycles. The zero-order chi connectivity index (χ0) is 17.7. The van der Waals surface area contributed by atoms with Gasteiger partial charge in [0.2, 0.25) is 0 Å². The molecule has 4 nitrogen and oxygen atoms in total. The third-order valence-electron chi connectivity index (χ3n) is 3.87. The van der Waals surface area contributed by atoms with Gasteiger partial charge in [-0.05, 0) is 42.6 Å². The maximum atomic E-state index is 12.6. The minimum absolute atomic E-state index is 0.145. The highest BCUT2D eigenvalue weighted by Crippen LogP contribution is 2.25. The van der Waals surface area contributed by atoms with Crippen LogP contribution in [-0.2, 0) is 5.60 Å². The maximum Gasteiger partial charge on any atom is 0.253 e. The Labute approximate surface area is 151 Å². The number of nitrogens with one attached hydrogen (secondary N) is 2. The number of aliphatic hydroxyl groups is 1. The monoisotopic (exact) mass is 352 g/mol. The normalized spacial score (nSPS) is 13.0. The smallest absolute Gasteiger partial charge is 0.253 e. The molecule has 25 heavy (non-hydrogen) atoms. The first kappa shape index (κ1) is 17.2. The summed E-state index contributed by atoms with van der Waals surface area (Å²) in [5, 5.41) is 18.6. The van der Waals surface area contributed by atoms with E-state index in [0.717, 1.165) is 16.3 Å². The lowest BCUT2D eigenvalue weighted by molar-refractivity contribution is 0.0557. The summed E-state index contributed by atoms with van der Waals surface area (Å²) in [4.78, 5) is 13.4. The Hall–Kier alpha value is -2.63. The van der Waals surface area contributed by atoms with Crippen molar-refractivity contribution in [3.8, 4) is 0 Å². The van der Waals surface area contributed by atoms with Crippen molar-refractivity contribution in [2.24, 2.45) is 0 Å². The van der Waals surface area contributed by atoms with E-state index in [9.17, 15) is 9.90 Å². The Kier molecular flexibility index (Phi) is 5.16. The summed E-state index contributed by atoms with van der Waals surface area (Å²) < 4.78 is 0. The van der Waals surface area contributed by atoms with Gasteiger partial charge in [0.15, 0.2) is 0 Å². The molecule has 1 amide bonds. The van der Waals surface area contributed by atoms with Gasteiger partial charge in [-0.15, -0.1) is 11.3 Å². The van der Waals surface area contributed by atoms with Crippen LogP contribution in [0.25, 0.3) is 0 Å². The molecular formula is C20H20N2O2S. The number of amides is 1. The highest BCUT2D eigenvalue weighted by atomic mass is 32.1. The SMILES string of the molecule is CC(O)(CNC(=O)c1ccccc1Nc1ccccc1)c1cccs1. The number of rotatable bonds is 6. The molecule has 5 heteroatoms. The predicted molar refractivity (Wildman–Crippen MR) is 102 cm³/mol. The topological polar surface area (TPSA) is 61.4 Å². The van der Waals surface area contributed by atoms with E-state index in [1.54, 1.807) is 13.0 Å². The highest BCUT2D eigenvalue weighted by molar-refractivity contribution is 7.10. The lowest BCUT2D eigenvalue weighted by atomic mass is 10.0. The number of para-hydroxylation sites is 2. The molecular weight excluding hydrogens is 332 g/mol. The number of carbonyl (C=O) groups is 1. The molecule has 0 spiro atoms. The minimum Gasteiger partial charge on any atom is -0.383 e. The zero-order valence-electron chi connectivity index (χ0n) is 13.9. The first-order chi connectivity index (χ1) is 12.1. The van der Waals surface area contributed by atoms with Gasteiger partial charge in [0, 0.05) is 10.6 Å². The van der Waals surface area contributed by atoms with E-state index in [4.69, 9.17) is 0 Å². The Bertz CT molecular complexity index is 830. The van der Waals surface area contributed by atoms with Crippen LogP contribution in [0.4, 0.5) is 11.4 Å². The molecule has 1 heterocycles. The molecule has 1 unspecified atom stereocenters. The molecule has 128 valence electrons. The van der Waals surface area contributed by atoms with Crippen LogP contribution in [0.3, 0.4) is 0 Å². The largest absolute Gasteiger partial charge is 0.383 e. The number of anilines is 2. The summed E-state index contributed by atoms with van der Waals surface area (Å²) in [6.45, 7) is 1.85. The first-order valence-electron chi connectivity index (χ1n) is 8.02. The third-order valence-corrected chi connectivity index (χ3v) is 4.99. The van der Waals surface area contributed by atoms with E-state index >= 15 is 0 Å². The van der Waals surface area contributed by atoms with Crippen LogP contribution in [0.1, 0.15) is 22.2 Å². The number of hydrogen-bond acceptors (Lipinski definition) is 4. The van der Waals surface area contributed by atoms with Crippen molar-refractivity contribution >= 4 is 28.6 Å². The molecule has 0 aliphatic heterocycles. The van der Waals surface area contributed by atoms with Crippen LogP contribution in [0.5, 0.6) is 0 Å². The van der Waals surface area contributed by atoms with Crippen LogP contribution in [-0.4, -0.2) is 17.6 Å². The van der Waals surface area contributed by atoms with Crippen LogP contribution in [0.2, 0.25) is 0 Å². The fourth-order valence-corrected chi connectivity index (χ4v) is 3.27. The van der Waals surface area contributed by atoms with Crippen molar-refractivity contribution in [3.63, 3.8) is 0 Å².